The van der Waals surface area contributed by atoms with Crippen LogP contribution in [-0.2, 0) is 4.74 Å². The zero-order valence-corrected chi connectivity index (χ0v) is 11.2. The van der Waals surface area contributed by atoms with Crippen molar-refractivity contribution in [3.63, 3.8) is 0 Å². The van der Waals surface area contributed by atoms with Gasteiger partial charge in [-0.1, -0.05) is 24.3 Å². The Morgan fingerprint density at radius 1 is 1.41 bits per heavy atom. The molecule has 0 aliphatic carbocycles. The van der Waals surface area contributed by atoms with Crippen LogP contribution >= 0.6 is 11.6 Å². The fraction of sp³-hybridized carbons (Fsp3) is 0.600. The van der Waals surface area contributed by atoms with Gasteiger partial charge in [-0.2, -0.15) is 0 Å². The third kappa shape index (κ3) is 3.46. The summed E-state index contributed by atoms with van der Waals surface area (Å²) >= 11 is 6.12. The van der Waals surface area contributed by atoms with Crippen molar-refractivity contribution in [2.24, 2.45) is 0 Å². The Morgan fingerprint density at radius 2 is 2.24 bits per heavy atom. The molecule has 2 rings (SSSR count). The van der Waals surface area contributed by atoms with Gasteiger partial charge >= 0.3 is 0 Å². The molecule has 94 valence electrons. The van der Waals surface area contributed by atoms with Crippen LogP contribution in [0.1, 0.15) is 42.7 Å². The lowest BCUT2D eigenvalue weighted by Gasteiger charge is -2.18. The molecule has 1 nitrogen and oxygen atoms in total. The van der Waals surface area contributed by atoms with E-state index in [4.69, 9.17) is 16.3 Å². The molecular formula is C15H21ClO. The van der Waals surface area contributed by atoms with Gasteiger partial charge in [-0.15, -0.1) is 11.6 Å². The summed E-state index contributed by atoms with van der Waals surface area (Å²) in [7, 11) is 0. The Kier molecular flexibility index (Phi) is 4.87. The van der Waals surface area contributed by atoms with Crippen molar-refractivity contribution in [2.75, 3.05) is 12.5 Å². The molecule has 1 fully saturated rings. The Bertz CT molecular complexity index is 345. The Hall–Kier alpha value is -0.530. The summed E-state index contributed by atoms with van der Waals surface area (Å²) in [6.07, 6.45) is 5.21. The molecule has 17 heavy (non-hydrogen) atoms. The van der Waals surface area contributed by atoms with Crippen molar-refractivity contribution >= 4 is 11.6 Å². The fourth-order valence-corrected chi connectivity index (χ4v) is 2.94. The second-order valence-electron chi connectivity index (χ2n) is 4.92. The van der Waals surface area contributed by atoms with Crippen molar-refractivity contribution < 1.29 is 4.74 Å². The van der Waals surface area contributed by atoms with Gasteiger partial charge in [-0.05, 0) is 49.7 Å². The SMILES string of the molecule is Cc1ccccc1C(CCl)CCC1CCCO1. The largest absolute Gasteiger partial charge is 0.378 e. The van der Waals surface area contributed by atoms with E-state index in [2.05, 4.69) is 31.2 Å². The van der Waals surface area contributed by atoms with Crippen molar-refractivity contribution in [3.05, 3.63) is 35.4 Å². The summed E-state index contributed by atoms with van der Waals surface area (Å²) in [4.78, 5) is 0. The summed E-state index contributed by atoms with van der Waals surface area (Å²) in [6, 6.07) is 8.57. The highest BCUT2D eigenvalue weighted by Crippen LogP contribution is 2.28. The highest BCUT2D eigenvalue weighted by Gasteiger charge is 2.19. The Labute approximate surface area is 109 Å². The van der Waals surface area contributed by atoms with E-state index in [1.165, 1.54) is 24.0 Å². The first-order valence-electron chi connectivity index (χ1n) is 6.54. The molecule has 2 heteroatoms. The van der Waals surface area contributed by atoms with Crippen LogP contribution in [0.3, 0.4) is 0 Å². The average molecular weight is 253 g/mol. The van der Waals surface area contributed by atoms with Crippen LogP contribution in [0.5, 0.6) is 0 Å². The molecule has 0 bridgehead atoms. The van der Waals surface area contributed by atoms with E-state index in [0.717, 1.165) is 19.4 Å². The van der Waals surface area contributed by atoms with Gasteiger partial charge in [0.25, 0.3) is 0 Å². The van der Waals surface area contributed by atoms with E-state index < -0.39 is 0 Å². The van der Waals surface area contributed by atoms with Crippen molar-refractivity contribution in [3.8, 4) is 0 Å². The van der Waals surface area contributed by atoms with Gasteiger partial charge in [0.05, 0.1) is 6.10 Å². The number of alkyl halides is 1. The third-order valence-corrected chi connectivity index (χ3v) is 4.05. The number of benzene rings is 1. The van der Waals surface area contributed by atoms with Crippen molar-refractivity contribution in [2.45, 2.75) is 44.6 Å². The Balaban J connectivity index is 1.94. The molecule has 1 aliphatic heterocycles. The van der Waals surface area contributed by atoms with Gasteiger partial charge in [0, 0.05) is 12.5 Å². The summed E-state index contributed by atoms with van der Waals surface area (Å²) < 4.78 is 5.67. The number of hydrogen-bond donors (Lipinski definition) is 0. The van der Waals surface area contributed by atoms with Crippen LogP contribution in [0.25, 0.3) is 0 Å². The lowest BCUT2D eigenvalue weighted by molar-refractivity contribution is 0.101. The summed E-state index contributed by atoms with van der Waals surface area (Å²) in [5.74, 6) is 1.18. The van der Waals surface area contributed by atoms with Crippen LogP contribution < -0.4 is 0 Å². The zero-order chi connectivity index (χ0) is 12.1. The molecule has 0 saturated carbocycles. The van der Waals surface area contributed by atoms with Crippen LogP contribution in [-0.4, -0.2) is 18.6 Å². The molecule has 0 amide bonds. The summed E-state index contributed by atoms with van der Waals surface area (Å²) in [6.45, 7) is 3.11. The maximum Gasteiger partial charge on any atom is 0.0576 e. The minimum atomic E-state index is 0.474. The van der Waals surface area contributed by atoms with Gasteiger partial charge in [-0.25, -0.2) is 0 Å². The quantitative estimate of drug-likeness (QED) is 0.711. The molecule has 1 heterocycles. The lowest BCUT2D eigenvalue weighted by atomic mass is 9.91. The average Bonchev–Trinajstić information content (AvgIpc) is 2.85. The standard InChI is InChI=1S/C15H21ClO/c1-12-5-2-3-7-15(12)13(11-16)8-9-14-6-4-10-17-14/h2-3,5,7,13-14H,4,6,8-11H2,1H3. The smallest absolute Gasteiger partial charge is 0.0576 e. The van der Waals surface area contributed by atoms with E-state index in [9.17, 15) is 0 Å². The molecule has 0 radical (unpaired) electrons. The highest BCUT2D eigenvalue weighted by atomic mass is 35.5. The first-order valence-corrected chi connectivity index (χ1v) is 7.08. The molecule has 1 aromatic carbocycles. The topological polar surface area (TPSA) is 9.23 Å². The molecular weight excluding hydrogens is 232 g/mol. The normalized spacial score (nSPS) is 21.6. The van der Waals surface area contributed by atoms with E-state index in [-0.39, 0.29) is 0 Å². The van der Waals surface area contributed by atoms with Gasteiger partial charge in [0.1, 0.15) is 0 Å². The van der Waals surface area contributed by atoms with E-state index in [0.29, 0.717) is 17.9 Å². The predicted molar refractivity (Wildman–Crippen MR) is 72.8 cm³/mol. The zero-order valence-electron chi connectivity index (χ0n) is 10.5. The second-order valence-corrected chi connectivity index (χ2v) is 5.23. The number of halogens is 1. The minimum absolute atomic E-state index is 0.474. The number of aryl methyl sites for hydroxylation is 1. The lowest BCUT2D eigenvalue weighted by Crippen LogP contribution is -2.10. The number of hydrogen-bond acceptors (Lipinski definition) is 1. The highest BCUT2D eigenvalue weighted by molar-refractivity contribution is 6.18. The first kappa shape index (κ1) is 12.9. The predicted octanol–water partition coefficient (Wildman–Crippen LogP) is 4.28. The minimum Gasteiger partial charge on any atom is -0.378 e. The van der Waals surface area contributed by atoms with Crippen LogP contribution in [0, 0.1) is 6.92 Å². The maximum atomic E-state index is 6.12. The van der Waals surface area contributed by atoms with Gasteiger partial charge in [0.15, 0.2) is 0 Å². The first-order chi connectivity index (χ1) is 8.31. The number of rotatable bonds is 5. The molecule has 0 spiro atoms. The summed E-state index contributed by atoms with van der Waals surface area (Å²) in [5, 5.41) is 0. The second kappa shape index (κ2) is 6.42. The van der Waals surface area contributed by atoms with Crippen LogP contribution in [0.2, 0.25) is 0 Å². The monoisotopic (exact) mass is 252 g/mol. The van der Waals surface area contributed by atoms with E-state index in [1.54, 1.807) is 0 Å². The molecule has 1 saturated heterocycles. The molecule has 1 aromatic rings. The van der Waals surface area contributed by atoms with Gasteiger partial charge < -0.3 is 4.74 Å². The molecule has 2 atom stereocenters. The van der Waals surface area contributed by atoms with E-state index in [1.807, 2.05) is 0 Å². The third-order valence-electron chi connectivity index (χ3n) is 3.68. The van der Waals surface area contributed by atoms with Crippen molar-refractivity contribution in [1.29, 1.82) is 0 Å². The van der Waals surface area contributed by atoms with Crippen molar-refractivity contribution in [1.82, 2.24) is 0 Å². The fourth-order valence-electron chi connectivity index (χ4n) is 2.62. The van der Waals surface area contributed by atoms with Gasteiger partial charge in [0.2, 0.25) is 0 Å². The molecule has 0 aromatic heterocycles. The van der Waals surface area contributed by atoms with E-state index >= 15 is 0 Å². The number of ether oxygens (including phenoxy) is 1. The molecule has 0 N–H and O–H groups in total. The Morgan fingerprint density at radius 3 is 2.88 bits per heavy atom. The summed E-state index contributed by atoms with van der Waals surface area (Å²) in [5.41, 5.74) is 2.76. The molecule has 1 aliphatic rings. The maximum absolute atomic E-state index is 6.12. The van der Waals surface area contributed by atoms with Crippen LogP contribution in [0.4, 0.5) is 0 Å². The molecule has 2 unspecified atom stereocenters. The van der Waals surface area contributed by atoms with Gasteiger partial charge in [-0.3, -0.25) is 0 Å². The van der Waals surface area contributed by atoms with Crippen LogP contribution in [0.15, 0.2) is 24.3 Å².